The molecule has 0 bridgehead atoms. The minimum absolute atomic E-state index is 0.408. The zero-order valence-electron chi connectivity index (χ0n) is 20.2. The molecule has 2 aromatic carbocycles. The van der Waals surface area contributed by atoms with E-state index in [1.54, 1.807) is 0 Å². The normalized spacial score (nSPS) is 20.5. The highest BCUT2D eigenvalue weighted by atomic mass is 16.5. The van der Waals surface area contributed by atoms with Crippen LogP contribution in [0.15, 0.2) is 79.4 Å². The van der Waals surface area contributed by atoms with Gasteiger partial charge in [-0.1, -0.05) is 36.4 Å². The van der Waals surface area contributed by atoms with Gasteiger partial charge in [0.25, 0.3) is 0 Å². The Kier molecular flexibility index (Phi) is 6.37. The molecule has 3 heterocycles. The second kappa shape index (κ2) is 10.1. The molecular weight excluding hydrogens is 434 g/mol. The van der Waals surface area contributed by atoms with Crippen LogP contribution in [-0.2, 0) is 6.61 Å². The first-order chi connectivity index (χ1) is 17.3. The van der Waals surface area contributed by atoms with Gasteiger partial charge in [-0.05, 0) is 68.8 Å². The Labute approximate surface area is 207 Å². The van der Waals surface area contributed by atoms with E-state index < -0.39 is 0 Å². The van der Waals surface area contributed by atoms with Crippen molar-refractivity contribution in [2.24, 2.45) is 5.92 Å². The molecule has 2 fully saturated rings. The summed E-state index contributed by atoms with van der Waals surface area (Å²) in [6.45, 7) is 4.41. The number of hydrogen-bond donors (Lipinski definition) is 0. The molecule has 4 aromatic rings. The van der Waals surface area contributed by atoms with Gasteiger partial charge in [-0.3, -0.25) is 9.38 Å². The predicted octanol–water partition coefficient (Wildman–Crippen LogP) is 5.71. The van der Waals surface area contributed by atoms with Gasteiger partial charge in [-0.2, -0.15) is 0 Å². The molecule has 0 atom stereocenters. The fourth-order valence-corrected chi connectivity index (χ4v) is 5.48. The van der Waals surface area contributed by atoms with Gasteiger partial charge in [0, 0.05) is 36.7 Å². The van der Waals surface area contributed by atoms with Crippen LogP contribution < -0.4 is 9.64 Å². The minimum atomic E-state index is 0.408. The maximum atomic E-state index is 6.19. The van der Waals surface area contributed by atoms with Crippen molar-refractivity contribution in [3.05, 3.63) is 84.9 Å². The first-order valence-electron chi connectivity index (χ1n) is 12.9. The van der Waals surface area contributed by atoms with E-state index in [9.17, 15) is 0 Å². The van der Waals surface area contributed by atoms with Gasteiger partial charge in [-0.15, -0.1) is 0 Å². The Hall–Kier alpha value is -3.38. The van der Waals surface area contributed by atoms with E-state index in [-0.39, 0.29) is 0 Å². The Morgan fingerprint density at radius 1 is 0.943 bits per heavy atom. The van der Waals surface area contributed by atoms with E-state index >= 15 is 0 Å². The van der Waals surface area contributed by atoms with Gasteiger partial charge >= 0.3 is 0 Å². The van der Waals surface area contributed by atoms with Crippen LogP contribution in [0.25, 0.3) is 5.52 Å². The number of anilines is 2. The van der Waals surface area contributed by atoms with Crippen LogP contribution >= 0.6 is 0 Å². The van der Waals surface area contributed by atoms with Gasteiger partial charge < -0.3 is 14.5 Å². The largest absolute Gasteiger partial charge is 0.489 e. The molecule has 180 valence electrons. The number of nitrogens with zero attached hydrogens (tertiary/aromatic N) is 5. The third-order valence-electron chi connectivity index (χ3n) is 7.52. The smallest absolute Gasteiger partial charge is 0.215 e. The van der Waals surface area contributed by atoms with Gasteiger partial charge in [0.05, 0.1) is 17.9 Å². The zero-order chi connectivity index (χ0) is 23.5. The summed E-state index contributed by atoms with van der Waals surface area (Å²) < 4.78 is 8.33. The summed E-state index contributed by atoms with van der Waals surface area (Å²) in [4.78, 5) is 14.2. The molecule has 2 aliphatic rings. The standard InChI is InChI=1S/C29H33N5O/c1-2-6-24(7-3-1)22-35-28-9-4-8-26(18-28)34(29-31-20-27-19-30-14-17-33(27)29)25-12-10-23(11-13-25)21-32-15-5-16-32/h1-4,6-9,14,17-20,23,25H,5,10-13,15-16,21-22H2. The molecule has 0 N–H and O–H groups in total. The average molecular weight is 468 g/mol. The highest BCUT2D eigenvalue weighted by Crippen LogP contribution is 2.37. The minimum Gasteiger partial charge on any atom is -0.489 e. The molecule has 6 nitrogen and oxygen atoms in total. The summed E-state index contributed by atoms with van der Waals surface area (Å²) >= 11 is 0. The quantitative estimate of drug-likeness (QED) is 0.332. The lowest BCUT2D eigenvalue weighted by atomic mass is 9.84. The lowest BCUT2D eigenvalue weighted by molar-refractivity contribution is 0.133. The molecule has 2 aromatic heterocycles. The number of aromatic nitrogens is 3. The van der Waals surface area contributed by atoms with Gasteiger partial charge in [-0.25, -0.2) is 4.98 Å². The van der Waals surface area contributed by atoms with Crippen molar-refractivity contribution in [2.45, 2.75) is 44.8 Å². The third kappa shape index (κ3) is 4.89. The second-order valence-electron chi connectivity index (χ2n) is 9.90. The summed E-state index contributed by atoms with van der Waals surface area (Å²) in [5.41, 5.74) is 3.31. The maximum Gasteiger partial charge on any atom is 0.215 e. The molecule has 0 radical (unpaired) electrons. The lowest BCUT2D eigenvalue weighted by Gasteiger charge is -2.40. The zero-order valence-corrected chi connectivity index (χ0v) is 20.2. The van der Waals surface area contributed by atoms with Gasteiger partial charge in [0.15, 0.2) is 0 Å². The third-order valence-corrected chi connectivity index (χ3v) is 7.52. The predicted molar refractivity (Wildman–Crippen MR) is 139 cm³/mol. The summed E-state index contributed by atoms with van der Waals surface area (Å²) in [6.07, 6.45) is 13.9. The van der Waals surface area contributed by atoms with Gasteiger partial charge in [0.2, 0.25) is 5.95 Å². The van der Waals surface area contributed by atoms with Crippen LogP contribution in [0.1, 0.15) is 37.7 Å². The first-order valence-corrected chi connectivity index (χ1v) is 12.9. The Bertz CT molecular complexity index is 1240. The van der Waals surface area contributed by atoms with E-state index in [1.165, 1.54) is 57.3 Å². The number of hydrogen-bond acceptors (Lipinski definition) is 5. The molecule has 0 spiro atoms. The molecule has 1 saturated carbocycles. The fraction of sp³-hybridized carbons (Fsp3) is 0.379. The molecule has 35 heavy (non-hydrogen) atoms. The van der Waals surface area contributed by atoms with Crippen LogP contribution in [-0.4, -0.2) is 44.9 Å². The van der Waals surface area contributed by atoms with Crippen LogP contribution in [0.5, 0.6) is 5.75 Å². The van der Waals surface area contributed by atoms with Crippen molar-refractivity contribution in [3.8, 4) is 5.75 Å². The first kappa shape index (κ1) is 22.1. The number of ether oxygens (including phenoxy) is 1. The summed E-state index contributed by atoms with van der Waals surface area (Å²) in [5, 5.41) is 0. The highest BCUT2D eigenvalue weighted by Gasteiger charge is 2.31. The van der Waals surface area contributed by atoms with Crippen molar-refractivity contribution in [1.82, 2.24) is 19.3 Å². The molecule has 1 saturated heterocycles. The monoisotopic (exact) mass is 467 g/mol. The Balaban J connectivity index is 1.26. The Morgan fingerprint density at radius 3 is 2.60 bits per heavy atom. The van der Waals surface area contributed by atoms with E-state index in [2.05, 4.69) is 49.5 Å². The molecule has 1 aliphatic carbocycles. The number of benzene rings is 2. The van der Waals surface area contributed by atoms with E-state index in [0.717, 1.165) is 28.8 Å². The SMILES string of the molecule is c1ccc(COc2cccc(N(c3ncc4cnccn34)C3CCC(CN4CCC4)CC3)c2)cc1. The van der Waals surface area contributed by atoms with Crippen molar-refractivity contribution >= 4 is 17.2 Å². The topological polar surface area (TPSA) is 45.9 Å². The van der Waals surface area contributed by atoms with Gasteiger partial charge in [0.1, 0.15) is 12.4 Å². The van der Waals surface area contributed by atoms with Crippen LogP contribution in [0.2, 0.25) is 0 Å². The van der Waals surface area contributed by atoms with Crippen LogP contribution in [0, 0.1) is 5.92 Å². The summed E-state index contributed by atoms with van der Waals surface area (Å²) in [6, 6.07) is 19.2. The molecule has 6 rings (SSSR count). The van der Waals surface area contributed by atoms with Crippen molar-refractivity contribution < 1.29 is 4.74 Å². The second-order valence-corrected chi connectivity index (χ2v) is 9.90. The Morgan fingerprint density at radius 2 is 1.80 bits per heavy atom. The average Bonchev–Trinajstić information content (AvgIpc) is 3.31. The summed E-state index contributed by atoms with van der Waals surface area (Å²) in [7, 11) is 0. The van der Waals surface area contributed by atoms with Crippen LogP contribution in [0.3, 0.4) is 0 Å². The molecule has 6 heteroatoms. The number of rotatable bonds is 8. The number of fused-ring (bicyclic) bond motifs is 1. The van der Waals surface area contributed by atoms with Crippen molar-refractivity contribution in [2.75, 3.05) is 24.5 Å². The number of likely N-dealkylation sites (tertiary alicyclic amines) is 1. The van der Waals surface area contributed by atoms with Crippen molar-refractivity contribution in [1.29, 1.82) is 0 Å². The van der Waals surface area contributed by atoms with E-state index in [0.29, 0.717) is 12.6 Å². The van der Waals surface area contributed by atoms with Crippen molar-refractivity contribution in [3.63, 3.8) is 0 Å². The highest BCUT2D eigenvalue weighted by molar-refractivity contribution is 5.64. The lowest BCUT2D eigenvalue weighted by Crippen LogP contribution is -2.43. The van der Waals surface area contributed by atoms with Crippen LogP contribution in [0.4, 0.5) is 11.6 Å². The van der Waals surface area contributed by atoms with E-state index in [4.69, 9.17) is 9.72 Å². The molecule has 0 unspecified atom stereocenters. The molecular formula is C29H33N5O. The number of imidazole rings is 1. The molecule has 0 amide bonds. The summed E-state index contributed by atoms with van der Waals surface area (Å²) in [5.74, 6) is 2.65. The maximum absolute atomic E-state index is 6.19. The molecule has 1 aliphatic heterocycles. The fourth-order valence-electron chi connectivity index (χ4n) is 5.48. The van der Waals surface area contributed by atoms with E-state index in [1.807, 2.05) is 49.1 Å².